The molecule has 0 aliphatic carbocycles. The Labute approximate surface area is 65.1 Å². The van der Waals surface area contributed by atoms with Crippen molar-refractivity contribution < 1.29 is 13.3 Å². The molecule has 0 aromatic carbocycles. The zero-order valence-corrected chi connectivity index (χ0v) is 7.50. The molecule has 0 aromatic rings. The van der Waals surface area contributed by atoms with Crippen LogP contribution >= 0.6 is 18.3 Å². The molecule has 0 radical (unpaired) electrons. The number of hydrogen-bond donors (Lipinski definition) is 0. The molecule has 0 saturated heterocycles. The number of rotatable bonds is 5. The first-order valence-electron chi connectivity index (χ1n) is 3.20. The van der Waals surface area contributed by atoms with Crippen LogP contribution in [0.25, 0.3) is 0 Å². The zero-order chi connectivity index (χ0) is 8.04. The van der Waals surface area contributed by atoms with Crippen molar-refractivity contribution in [3.8, 4) is 0 Å². The Morgan fingerprint density at radius 2 is 2.20 bits per heavy atom. The van der Waals surface area contributed by atoms with Crippen LogP contribution in [0.2, 0.25) is 0 Å². The Hall–Kier alpha value is 0.410. The van der Waals surface area contributed by atoms with Crippen molar-refractivity contribution in [2.24, 2.45) is 0 Å². The fraction of sp³-hybridized carbons (Fsp3) is 1.00. The van der Waals surface area contributed by atoms with Gasteiger partial charge in [0.1, 0.15) is 0 Å². The van der Waals surface area contributed by atoms with Gasteiger partial charge in [0.15, 0.2) is 0 Å². The Bertz CT molecular complexity index is 125. The molecule has 0 heterocycles. The molecule has 10 heavy (non-hydrogen) atoms. The molecule has 0 N–H and O–H groups in total. The van der Waals surface area contributed by atoms with E-state index in [1.807, 2.05) is 6.92 Å². The summed E-state index contributed by atoms with van der Waals surface area (Å²) in [5, 5.41) is 0. The Balaban J connectivity index is 3.13. The van der Waals surface area contributed by atoms with Gasteiger partial charge in [-0.2, -0.15) is 0 Å². The van der Waals surface area contributed by atoms with Crippen molar-refractivity contribution in [3.05, 3.63) is 0 Å². The van der Waals surface area contributed by atoms with E-state index in [0.29, 0.717) is 6.42 Å². The van der Waals surface area contributed by atoms with Gasteiger partial charge < -0.3 is 0 Å². The van der Waals surface area contributed by atoms with Crippen molar-refractivity contribution in [3.63, 3.8) is 0 Å². The standard InChI is InChI=1S/C5H11ClFO2P/c1-2-3-4-5-9-10(6,7)8/h2-5H2,1H3. The first-order valence-corrected chi connectivity index (χ1v) is 5.62. The van der Waals surface area contributed by atoms with Gasteiger partial charge in [-0.15, -0.1) is 4.20 Å². The van der Waals surface area contributed by atoms with Crippen LogP contribution in [0.4, 0.5) is 4.20 Å². The Kier molecular flexibility index (Phi) is 5.32. The molecular weight excluding hydrogens is 177 g/mol. The largest absolute Gasteiger partial charge is 0.461 e. The molecule has 0 saturated carbocycles. The van der Waals surface area contributed by atoms with Crippen LogP contribution < -0.4 is 0 Å². The monoisotopic (exact) mass is 188 g/mol. The third-order valence-electron chi connectivity index (χ3n) is 0.989. The molecule has 0 aliphatic rings. The van der Waals surface area contributed by atoms with Crippen molar-refractivity contribution in [1.82, 2.24) is 0 Å². The lowest BCUT2D eigenvalue weighted by Gasteiger charge is -2.00. The van der Waals surface area contributed by atoms with Gasteiger partial charge in [0.25, 0.3) is 0 Å². The van der Waals surface area contributed by atoms with Crippen LogP contribution in [0.1, 0.15) is 26.2 Å². The SMILES string of the molecule is CCCCCOP(=O)(F)Cl. The van der Waals surface area contributed by atoms with Gasteiger partial charge in [0.05, 0.1) is 6.61 Å². The molecule has 0 rings (SSSR count). The molecule has 0 aliphatic heterocycles. The van der Waals surface area contributed by atoms with Crippen LogP contribution in [0, 0.1) is 0 Å². The summed E-state index contributed by atoms with van der Waals surface area (Å²) < 4.78 is 26.2. The fourth-order valence-corrected chi connectivity index (χ4v) is 1.07. The maximum Gasteiger partial charge on any atom is 0.461 e. The van der Waals surface area contributed by atoms with E-state index < -0.39 is 7.03 Å². The quantitative estimate of drug-likeness (QED) is 0.488. The molecule has 0 spiro atoms. The number of hydrogen-bond acceptors (Lipinski definition) is 2. The highest BCUT2D eigenvalue weighted by molar-refractivity contribution is 7.81. The highest BCUT2D eigenvalue weighted by Gasteiger charge is 2.15. The van der Waals surface area contributed by atoms with E-state index in [-0.39, 0.29) is 6.61 Å². The number of unbranched alkanes of at least 4 members (excludes halogenated alkanes) is 2. The van der Waals surface area contributed by atoms with Gasteiger partial charge >= 0.3 is 7.03 Å². The van der Waals surface area contributed by atoms with E-state index in [1.54, 1.807) is 0 Å². The summed E-state index contributed by atoms with van der Waals surface area (Å²) in [6.45, 7) is 2.15. The molecule has 0 aromatic heterocycles. The summed E-state index contributed by atoms with van der Waals surface area (Å²) in [6.07, 6.45) is 2.66. The van der Waals surface area contributed by atoms with E-state index in [4.69, 9.17) is 0 Å². The third-order valence-corrected chi connectivity index (χ3v) is 1.77. The molecular formula is C5H11ClFO2P. The lowest BCUT2D eigenvalue weighted by Crippen LogP contribution is -1.86. The van der Waals surface area contributed by atoms with Crippen LogP contribution in [-0.4, -0.2) is 6.61 Å². The summed E-state index contributed by atoms with van der Waals surface area (Å²) in [4.78, 5) is 0. The molecule has 2 nitrogen and oxygen atoms in total. The van der Waals surface area contributed by atoms with Gasteiger partial charge in [0, 0.05) is 11.2 Å². The molecule has 62 valence electrons. The van der Waals surface area contributed by atoms with Crippen molar-refractivity contribution >= 4 is 18.3 Å². The summed E-state index contributed by atoms with van der Waals surface area (Å²) in [5.41, 5.74) is 0. The third kappa shape index (κ3) is 8.41. The second-order valence-electron chi connectivity index (χ2n) is 1.95. The van der Waals surface area contributed by atoms with Gasteiger partial charge in [-0.3, -0.25) is 4.52 Å². The first kappa shape index (κ1) is 10.4. The van der Waals surface area contributed by atoms with Gasteiger partial charge in [-0.25, -0.2) is 4.57 Å². The predicted molar refractivity (Wildman–Crippen MR) is 40.0 cm³/mol. The Morgan fingerprint density at radius 1 is 1.60 bits per heavy atom. The lowest BCUT2D eigenvalue weighted by atomic mass is 10.3. The average molecular weight is 189 g/mol. The summed E-state index contributed by atoms with van der Waals surface area (Å²) in [6, 6.07) is 0. The van der Waals surface area contributed by atoms with Crippen LogP contribution in [0.3, 0.4) is 0 Å². The highest BCUT2D eigenvalue weighted by Crippen LogP contribution is 2.53. The van der Waals surface area contributed by atoms with Gasteiger partial charge in [0.2, 0.25) is 0 Å². The molecule has 5 heteroatoms. The lowest BCUT2D eigenvalue weighted by molar-refractivity contribution is 0.291. The van der Waals surface area contributed by atoms with E-state index in [0.717, 1.165) is 12.8 Å². The average Bonchev–Trinajstić information content (AvgIpc) is 1.78. The summed E-state index contributed by atoms with van der Waals surface area (Å²) >= 11 is 4.68. The van der Waals surface area contributed by atoms with E-state index in [9.17, 15) is 8.76 Å². The normalized spacial score (nSPS) is 16.7. The van der Waals surface area contributed by atoms with Crippen LogP contribution in [-0.2, 0) is 9.09 Å². The van der Waals surface area contributed by atoms with E-state index in [2.05, 4.69) is 15.8 Å². The minimum absolute atomic E-state index is 0.144. The van der Waals surface area contributed by atoms with Gasteiger partial charge in [-0.05, 0) is 6.42 Å². The predicted octanol–water partition coefficient (Wildman–Crippen LogP) is 3.51. The zero-order valence-electron chi connectivity index (χ0n) is 5.85. The smallest absolute Gasteiger partial charge is 0.294 e. The van der Waals surface area contributed by atoms with E-state index >= 15 is 0 Å². The molecule has 0 amide bonds. The minimum Gasteiger partial charge on any atom is -0.294 e. The maximum absolute atomic E-state index is 11.9. The fourth-order valence-electron chi connectivity index (χ4n) is 0.523. The second kappa shape index (κ2) is 5.11. The first-order chi connectivity index (χ1) is 4.56. The summed E-state index contributed by atoms with van der Waals surface area (Å²) in [7, 11) is -4.23. The Morgan fingerprint density at radius 3 is 2.60 bits per heavy atom. The number of halogens is 2. The van der Waals surface area contributed by atoms with Gasteiger partial charge in [-0.1, -0.05) is 19.8 Å². The van der Waals surface area contributed by atoms with Crippen LogP contribution in [0.5, 0.6) is 0 Å². The van der Waals surface area contributed by atoms with Crippen LogP contribution in [0.15, 0.2) is 0 Å². The minimum atomic E-state index is -4.23. The molecule has 0 fully saturated rings. The molecule has 0 bridgehead atoms. The van der Waals surface area contributed by atoms with E-state index in [1.165, 1.54) is 0 Å². The molecule has 1 atom stereocenters. The summed E-state index contributed by atoms with van der Waals surface area (Å²) in [5.74, 6) is 0. The van der Waals surface area contributed by atoms with Crippen molar-refractivity contribution in [1.29, 1.82) is 0 Å². The maximum atomic E-state index is 11.9. The highest BCUT2D eigenvalue weighted by atomic mass is 35.7. The topological polar surface area (TPSA) is 26.3 Å². The second-order valence-corrected chi connectivity index (χ2v) is 4.25. The molecule has 1 unspecified atom stereocenters. The van der Waals surface area contributed by atoms with Crippen molar-refractivity contribution in [2.75, 3.05) is 6.61 Å². The van der Waals surface area contributed by atoms with Crippen molar-refractivity contribution in [2.45, 2.75) is 26.2 Å².